The van der Waals surface area contributed by atoms with Crippen molar-refractivity contribution < 1.29 is 14.0 Å². The summed E-state index contributed by atoms with van der Waals surface area (Å²) in [4.78, 5) is 27.4. The van der Waals surface area contributed by atoms with Crippen LogP contribution in [0.2, 0.25) is 0 Å². The van der Waals surface area contributed by atoms with E-state index in [1.807, 2.05) is 31.2 Å². The third kappa shape index (κ3) is 3.72. The number of nitrogens with one attached hydrogen (secondary N) is 1. The van der Waals surface area contributed by atoms with Gasteiger partial charge in [0, 0.05) is 35.7 Å². The molecule has 1 N–H and O–H groups in total. The first-order valence-electron chi connectivity index (χ1n) is 10.1. The lowest BCUT2D eigenvalue weighted by Crippen LogP contribution is -2.29. The van der Waals surface area contributed by atoms with Crippen LogP contribution in [0.25, 0.3) is 5.69 Å². The van der Waals surface area contributed by atoms with Gasteiger partial charge in [0.2, 0.25) is 11.8 Å². The summed E-state index contributed by atoms with van der Waals surface area (Å²) in [5.74, 6) is 1.10. The molecular weight excluding hydrogens is 415 g/mol. The van der Waals surface area contributed by atoms with Crippen LogP contribution >= 0.6 is 11.8 Å². The van der Waals surface area contributed by atoms with E-state index in [4.69, 9.17) is 0 Å². The van der Waals surface area contributed by atoms with E-state index in [-0.39, 0.29) is 24.1 Å². The Morgan fingerprint density at radius 2 is 1.97 bits per heavy atom. The molecule has 0 radical (unpaired) electrons. The van der Waals surface area contributed by atoms with Crippen molar-refractivity contribution in [2.45, 2.75) is 24.9 Å². The van der Waals surface area contributed by atoms with Gasteiger partial charge in [-0.3, -0.25) is 9.59 Å². The Labute approximate surface area is 183 Å². The molecule has 31 heavy (non-hydrogen) atoms. The van der Waals surface area contributed by atoms with E-state index >= 15 is 0 Å². The summed E-state index contributed by atoms with van der Waals surface area (Å²) in [5, 5.41) is 7.66. The zero-order valence-electron chi connectivity index (χ0n) is 17.0. The number of benzene rings is 2. The SMILES string of the molecule is Cc1cccc(N2CC(C(=O)Nc3c4c(nn3-c3ccc(F)cc3)CSC4)CC2=O)c1. The molecule has 0 saturated carbocycles. The molecule has 5 rings (SSSR count). The maximum Gasteiger partial charge on any atom is 0.230 e. The topological polar surface area (TPSA) is 67.2 Å². The number of anilines is 2. The van der Waals surface area contributed by atoms with Crippen LogP contribution in [0.15, 0.2) is 48.5 Å². The van der Waals surface area contributed by atoms with Crippen LogP contribution < -0.4 is 10.2 Å². The first kappa shape index (κ1) is 19.8. The predicted octanol–water partition coefficient (Wildman–Crippen LogP) is 4.06. The van der Waals surface area contributed by atoms with Crippen molar-refractivity contribution >= 4 is 35.1 Å². The van der Waals surface area contributed by atoms with Crippen LogP contribution in [0.5, 0.6) is 0 Å². The fourth-order valence-corrected chi connectivity index (χ4v) is 5.09. The number of carbonyl (C=O) groups excluding carboxylic acids is 2. The number of fused-ring (bicyclic) bond motifs is 1. The molecular formula is C23H21FN4O2S. The number of aromatic nitrogens is 2. The number of thioether (sulfide) groups is 1. The highest BCUT2D eigenvalue weighted by molar-refractivity contribution is 7.98. The zero-order valence-corrected chi connectivity index (χ0v) is 17.8. The molecule has 8 heteroatoms. The zero-order chi connectivity index (χ0) is 21.5. The Balaban J connectivity index is 1.40. The molecule has 3 aromatic rings. The molecule has 1 saturated heterocycles. The summed E-state index contributed by atoms with van der Waals surface area (Å²) in [6.07, 6.45) is 0.168. The molecule has 0 spiro atoms. The number of amides is 2. The Hall–Kier alpha value is -3.13. The van der Waals surface area contributed by atoms with Crippen LogP contribution in [-0.4, -0.2) is 28.1 Å². The van der Waals surface area contributed by atoms with Crippen molar-refractivity contribution in [3.05, 3.63) is 71.2 Å². The normalized spacial score (nSPS) is 17.8. The van der Waals surface area contributed by atoms with Crippen LogP contribution in [0, 0.1) is 18.7 Å². The number of rotatable bonds is 4. The van der Waals surface area contributed by atoms with Gasteiger partial charge in [-0.15, -0.1) is 0 Å². The number of aryl methyl sites for hydroxylation is 1. The molecule has 2 amide bonds. The summed E-state index contributed by atoms with van der Waals surface area (Å²) in [7, 11) is 0. The maximum atomic E-state index is 13.4. The average Bonchev–Trinajstić information content (AvgIpc) is 3.44. The second-order valence-corrected chi connectivity index (χ2v) is 8.87. The van der Waals surface area contributed by atoms with Crippen LogP contribution in [0.3, 0.4) is 0 Å². The fraction of sp³-hybridized carbons (Fsp3) is 0.261. The summed E-state index contributed by atoms with van der Waals surface area (Å²) in [6.45, 7) is 2.32. The average molecular weight is 437 g/mol. The van der Waals surface area contributed by atoms with E-state index < -0.39 is 5.92 Å². The van der Waals surface area contributed by atoms with Crippen molar-refractivity contribution in [2.75, 3.05) is 16.8 Å². The van der Waals surface area contributed by atoms with Crippen molar-refractivity contribution in [2.24, 2.45) is 5.92 Å². The van der Waals surface area contributed by atoms with E-state index in [0.717, 1.165) is 34.0 Å². The van der Waals surface area contributed by atoms with Crippen LogP contribution in [0.1, 0.15) is 23.2 Å². The van der Waals surface area contributed by atoms with Crippen molar-refractivity contribution in [1.29, 1.82) is 0 Å². The van der Waals surface area contributed by atoms with Crippen molar-refractivity contribution in [3.8, 4) is 5.69 Å². The number of hydrogen-bond donors (Lipinski definition) is 1. The lowest BCUT2D eigenvalue weighted by molar-refractivity contribution is -0.122. The summed E-state index contributed by atoms with van der Waals surface area (Å²) >= 11 is 1.74. The highest BCUT2D eigenvalue weighted by Gasteiger charge is 2.36. The summed E-state index contributed by atoms with van der Waals surface area (Å²) in [5.41, 5.74) is 4.47. The second kappa shape index (κ2) is 7.85. The minimum absolute atomic E-state index is 0.0569. The molecule has 1 fully saturated rings. The van der Waals surface area contributed by atoms with Gasteiger partial charge in [-0.2, -0.15) is 16.9 Å². The molecule has 2 aliphatic rings. The van der Waals surface area contributed by atoms with Crippen LogP contribution in [-0.2, 0) is 21.1 Å². The molecule has 0 bridgehead atoms. The first-order chi connectivity index (χ1) is 15.0. The monoisotopic (exact) mass is 436 g/mol. The number of hydrogen-bond acceptors (Lipinski definition) is 4. The number of halogens is 1. The van der Waals surface area contributed by atoms with Gasteiger partial charge < -0.3 is 10.2 Å². The van der Waals surface area contributed by atoms with Crippen molar-refractivity contribution in [1.82, 2.24) is 9.78 Å². The Morgan fingerprint density at radius 3 is 2.74 bits per heavy atom. The molecule has 6 nitrogen and oxygen atoms in total. The molecule has 1 unspecified atom stereocenters. The van der Waals surface area contributed by atoms with Gasteiger partial charge in [0.15, 0.2) is 0 Å². The largest absolute Gasteiger partial charge is 0.312 e. The first-order valence-corrected chi connectivity index (χ1v) is 11.3. The molecule has 2 aromatic carbocycles. The van der Waals surface area contributed by atoms with Gasteiger partial charge in [-0.1, -0.05) is 12.1 Å². The smallest absolute Gasteiger partial charge is 0.230 e. The third-order valence-electron chi connectivity index (χ3n) is 5.67. The highest BCUT2D eigenvalue weighted by atomic mass is 32.2. The summed E-state index contributed by atoms with van der Waals surface area (Å²) < 4.78 is 15.0. The maximum absolute atomic E-state index is 13.4. The Kier molecular flexibility index (Phi) is 5.02. The lowest BCUT2D eigenvalue weighted by atomic mass is 10.1. The molecule has 1 aromatic heterocycles. The predicted molar refractivity (Wildman–Crippen MR) is 119 cm³/mol. The lowest BCUT2D eigenvalue weighted by Gasteiger charge is -2.17. The molecule has 158 valence electrons. The van der Waals surface area contributed by atoms with Gasteiger partial charge in [-0.25, -0.2) is 9.07 Å². The molecule has 1 atom stereocenters. The van der Waals surface area contributed by atoms with Gasteiger partial charge >= 0.3 is 0 Å². The Bertz CT molecular complexity index is 1170. The molecule has 3 heterocycles. The number of carbonyl (C=O) groups is 2. The third-order valence-corrected chi connectivity index (χ3v) is 6.64. The second-order valence-electron chi connectivity index (χ2n) is 7.89. The molecule has 0 aliphatic carbocycles. The highest BCUT2D eigenvalue weighted by Crippen LogP contribution is 2.36. The van der Waals surface area contributed by atoms with Gasteiger partial charge in [-0.05, 0) is 48.9 Å². The van der Waals surface area contributed by atoms with Gasteiger partial charge in [0.25, 0.3) is 0 Å². The minimum Gasteiger partial charge on any atom is -0.312 e. The Morgan fingerprint density at radius 1 is 1.16 bits per heavy atom. The van der Waals surface area contributed by atoms with E-state index in [1.54, 1.807) is 33.5 Å². The van der Waals surface area contributed by atoms with E-state index in [2.05, 4.69) is 10.4 Å². The van der Waals surface area contributed by atoms with Gasteiger partial charge in [0.1, 0.15) is 11.6 Å². The summed E-state index contributed by atoms with van der Waals surface area (Å²) in [6, 6.07) is 13.7. The van der Waals surface area contributed by atoms with Gasteiger partial charge in [0.05, 0.1) is 17.3 Å². The number of nitrogens with zero attached hydrogens (tertiary/aromatic N) is 3. The van der Waals surface area contributed by atoms with E-state index in [9.17, 15) is 14.0 Å². The quantitative estimate of drug-likeness (QED) is 0.670. The van der Waals surface area contributed by atoms with E-state index in [1.165, 1.54) is 12.1 Å². The van der Waals surface area contributed by atoms with E-state index in [0.29, 0.717) is 18.1 Å². The van der Waals surface area contributed by atoms with Crippen molar-refractivity contribution in [3.63, 3.8) is 0 Å². The minimum atomic E-state index is -0.450. The molecule has 2 aliphatic heterocycles. The standard InChI is InChI=1S/C23H21FN4O2S/c1-14-3-2-4-18(9-14)27-11-15(10-21(27)29)23(30)25-22-19-12-31-13-20(19)26-28(22)17-7-5-16(24)6-8-17/h2-9,15H,10-13H2,1H3,(H,25,30). The van der Waals surface area contributed by atoms with Crippen LogP contribution in [0.4, 0.5) is 15.9 Å². The fourth-order valence-electron chi connectivity index (χ4n) is 4.06.